The molecule has 2 N–H and O–H groups in total. The second-order valence-electron chi connectivity index (χ2n) is 4.96. The van der Waals surface area contributed by atoms with Crippen molar-refractivity contribution in [3.05, 3.63) is 27.7 Å². The first-order valence-electron chi connectivity index (χ1n) is 6.74. The van der Waals surface area contributed by atoms with Crippen LogP contribution in [0.25, 0.3) is 0 Å². The molecule has 1 unspecified atom stereocenters. The fourth-order valence-electron chi connectivity index (χ4n) is 2.38. The molecule has 7 heteroatoms. The van der Waals surface area contributed by atoms with E-state index in [1.807, 2.05) is 0 Å². The number of urea groups is 1. The van der Waals surface area contributed by atoms with Gasteiger partial charge < -0.3 is 15.3 Å². The molecule has 0 aliphatic carbocycles. The topological polar surface area (TPSA) is 69.6 Å². The number of likely N-dealkylation sites (tertiary alicyclic amines) is 1. The average molecular weight is 376 g/mol. The SMILES string of the molecule is O=C(O)C1CCCCCN1C(=O)Nc1ccc(Br)c(Cl)c1. The van der Waals surface area contributed by atoms with Gasteiger partial charge in [0.25, 0.3) is 0 Å². The highest BCUT2D eigenvalue weighted by molar-refractivity contribution is 9.10. The van der Waals surface area contributed by atoms with Crippen molar-refractivity contribution < 1.29 is 14.7 Å². The number of hydrogen-bond donors (Lipinski definition) is 2. The van der Waals surface area contributed by atoms with E-state index in [-0.39, 0.29) is 0 Å². The Labute approximate surface area is 136 Å². The summed E-state index contributed by atoms with van der Waals surface area (Å²) in [6, 6.07) is 3.90. The molecule has 0 radical (unpaired) electrons. The van der Waals surface area contributed by atoms with Gasteiger partial charge in [-0.25, -0.2) is 9.59 Å². The predicted octanol–water partition coefficient (Wildman–Crippen LogP) is 3.96. The molecule has 1 atom stereocenters. The molecule has 2 rings (SSSR count). The van der Waals surface area contributed by atoms with Crippen LogP contribution in [0.4, 0.5) is 10.5 Å². The molecule has 1 aliphatic heterocycles. The number of nitrogens with one attached hydrogen (secondary N) is 1. The van der Waals surface area contributed by atoms with Crippen LogP contribution in [0.5, 0.6) is 0 Å². The lowest BCUT2D eigenvalue weighted by molar-refractivity contribution is -0.142. The molecule has 114 valence electrons. The normalized spacial score (nSPS) is 19.0. The second kappa shape index (κ2) is 7.13. The first-order chi connectivity index (χ1) is 9.99. The van der Waals surface area contributed by atoms with Gasteiger partial charge in [-0.3, -0.25) is 0 Å². The average Bonchev–Trinajstić information content (AvgIpc) is 2.68. The summed E-state index contributed by atoms with van der Waals surface area (Å²) >= 11 is 9.26. The zero-order valence-corrected chi connectivity index (χ0v) is 13.7. The minimum Gasteiger partial charge on any atom is -0.480 e. The quantitative estimate of drug-likeness (QED) is 0.822. The molecule has 1 aromatic rings. The third-order valence-corrected chi connectivity index (χ3v) is 4.70. The molecule has 5 nitrogen and oxygen atoms in total. The molecule has 2 amide bonds. The third kappa shape index (κ3) is 4.11. The van der Waals surface area contributed by atoms with Gasteiger partial charge in [-0.1, -0.05) is 24.4 Å². The van der Waals surface area contributed by atoms with Crippen LogP contribution in [-0.4, -0.2) is 34.6 Å². The van der Waals surface area contributed by atoms with Crippen LogP contribution in [-0.2, 0) is 4.79 Å². The largest absolute Gasteiger partial charge is 0.480 e. The van der Waals surface area contributed by atoms with Gasteiger partial charge in [0, 0.05) is 16.7 Å². The van der Waals surface area contributed by atoms with Crippen molar-refractivity contribution in [2.75, 3.05) is 11.9 Å². The van der Waals surface area contributed by atoms with Crippen molar-refractivity contribution in [3.8, 4) is 0 Å². The van der Waals surface area contributed by atoms with Gasteiger partial charge in [0.1, 0.15) is 6.04 Å². The van der Waals surface area contributed by atoms with Crippen LogP contribution in [0.2, 0.25) is 5.02 Å². The number of carboxylic acids is 1. The van der Waals surface area contributed by atoms with Crippen LogP contribution in [0.15, 0.2) is 22.7 Å². The van der Waals surface area contributed by atoms with Crippen molar-refractivity contribution in [1.29, 1.82) is 0 Å². The van der Waals surface area contributed by atoms with Gasteiger partial charge >= 0.3 is 12.0 Å². The van der Waals surface area contributed by atoms with Crippen molar-refractivity contribution in [2.45, 2.75) is 31.7 Å². The minimum absolute atomic E-state index is 0.400. The molecular formula is C14H16BrClN2O3. The Bertz CT molecular complexity index is 553. The second-order valence-corrected chi connectivity index (χ2v) is 6.22. The van der Waals surface area contributed by atoms with Crippen LogP contribution >= 0.6 is 27.5 Å². The number of hydrogen-bond acceptors (Lipinski definition) is 2. The molecule has 0 aromatic heterocycles. The van der Waals surface area contributed by atoms with E-state index < -0.39 is 18.0 Å². The summed E-state index contributed by atoms with van der Waals surface area (Å²) in [5.74, 6) is -0.958. The summed E-state index contributed by atoms with van der Waals surface area (Å²) < 4.78 is 0.736. The number of halogens is 2. The Morgan fingerprint density at radius 1 is 1.33 bits per heavy atom. The smallest absolute Gasteiger partial charge is 0.326 e. The Balaban J connectivity index is 2.12. The number of carbonyl (C=O) groups is 2. The molecule has 1 saturated heterocycles. The van der Waals surface area contributed by atoms with Crippen LogP contribution in [0.1, 0.15) is 25.7 Å². The van der Waals surface area contributed by atoms with E-state index in [1.165, 1.54) is 4.90 Å². The first kappa shape index (κ1) is 16.1. The number of nitrogens with zero attached hydrogens (tertiary/aromatic N) is 1. The van der Waals surface area contributed by atoms with Gasteiger partial charge in [-0.2, -0.15) is 0 Å². The van der Waals surface area contributed by atoms with Gasteiger partial charge in [-0.05, 0) is 47.0 Å². The van der Waals surface area contributed by atoms with Gasteiger partial charge in [0.2, 0.25) is 0 Å². The molecule has 0 spiro atoms. The van der Waals surface area contributed by atoms with Crippen LogP contribution in [0.3, 0.4) is 0 Å². The van der Waals surface area contributed by atoms with Crippen molar-refractivity contribution in [1.82, 2.24) is 4.90 Å². The number of aliphatic carboxylic acids is 1. The standard InChI is InChI=1S/C14H16BrClN2O3/c15-10-6-5-9(8-11(10)16)17-14(21)18-7-3-1-2-4-12(18)13(19)20/h5-6,8,12H,1-4,7H2,(H,17,21)(H,19,20). The zero-order chi connectivity index (χ0) is 15.4. The highest BCUT2D eigenvalue weighted by Gasteiger charge is 2.30. The highest BCUT2D eigenvalue weighted by atomic mass is 79.9. The van der Waals surface area contributed by atoms with E-state index in [2.05, 4.69) is 21.2 Å². The molecule has 1 aliphatic rings. The molecule has 0 saturated carbocycles. The third-order valence-electron chi connectivity index (χ3n) is 3.47. The van der Waals surface area contributed by atoms with Gasteiger partial charge in [0.15, 0.2) is 0 Å². The molecule has 1 aromatic carbocycles. The maximum absolute atomic E-state index is 12.3. The molecule has 21 heavy (non-hydrogen) atoms. The summed E-state index contributed by atoms with van der Waals surface area (Å²) in [4.78, 5) is 25.0. The van der Waals surface area contributed by atoms with Gasteiger partial charge in [0.05, 0.1) is 5.02 Å². The lowest BCUT2D eigenvalue weighted by atomic mass is 10.1. The predicted molar refractivity (Wildman–Crippen MR) is 84.8 cm³/mol. The summed E-state index contributed by atoms with van der Waals surface area (Å²) in [7, 11) is 0. The van der Waals surface area contributed by atoms with Crippen LogP contribution < -0.4 is 5.32 Å². The fourth-order valence-corrected chi connectivity index (χ4v) is 2.80. The monoisotopic (exact) mass is 374 g/mol. The number of anilines is 1. The van der Waals surface area contributed by atoms with Crippen LogP contribution in [0, 0.1) is 0 Å². The lowest BCUT2D eigenvalue weighted by Crippen LogP contribution is -2.46. The number of benzene rings is 1. The molecule has 1 heterocycles. The van der Waals surface area contributed by atoms with E-state index in [0.29, 0.717) is 23.7 Å². The van der Waals surface area contributed by atoms with E-state index in [1.54, 1.807) is 18.2 Å². The maximum Gasteiger partial charge on any atom is 0.326 e. The Morgan fingerprint density at radius 3 is 2.76 bits per heavy atom. The van der Waals surface area contributed by atoms with E-state index >= 15 is 0 Å². The number of rotatable bonds is 2. The van der Waals surface area contributed by atoms with Gasteiger partial charge in [-0.15, -0.1) is 0 Å². The number of carbonyl (C=O) groups excluding carboxylic acids is 1. The molecule has 1 fully saturated rings. The Kier molecular flexibility index (Phi) is 5.47. The van der Waals surface area contributed by atoms with E-state index in [4.69, 9.17) is 11.6 Å². The Hall–Kier alpha value is -1.27. The highest BCUT2D eigenvalue weighted by Crippen LogP contribution is 2.26. The zero-order valence-electron chi connectivity index (χ0n) is 11.3. The molecule has 0 bridgehead atoms. The summed E-state index contributed by atoms with van der Waals surface area (Å²) in [5.41, 5.74) is 0.543. The summed E-state index contributed by atoms with van der Waals surface area (Å²) in [5, 5.41) is 12.5. The Morgan fingerprint density at radius 2 is 2.10 bits per heavy atom. The van der Waals surface area contributed by atoms with Crippen molar-refractivity contribution >= 4 is 45.2 Å². The maximum atomic E-state index is 12.3. The number of amides is 2. The van der Waals surface area contributed by atoms with E-state index in [9.17, 15) is 14.7 Å². The summed E-state index contributed by atoms with van der Waals surface area (Å²) in [6.07, 6.45) is 3.07. The van der Waals surface area contributed by atoms with Crippen molar-refractivity contribution in [3.63, 3.8) is 0 Å². The summed E-state index contributed by atoms with van der Waals surface area (Å²) in [6.45, 7) is 0.451. The van der Waals surface area contributed by atoms with E-state index in [0.717, 1.165) is 23.7 Å². The first-order valence-corrected chi connectivity index (χ1v) is 7.91. The van der Waals surface area contributed by atoms with Crippen molar-refractivity contribution in [2.24, 2.45) is 0 Å². The number of carboxylic acid groups (broad SMARTS) is 1. The lowest BCUT2D eigenvalue weighted by Gasteiger charge is -2.27. The molecular weight excluding hydrogens is 360 g/mol. The fraction of sp³-hybridized carbons (Fsp3) is 0.429. The minimum atomic E-state index is -0.958.